The molecule has 0 aliphatic rings. The molecular weight excluding hydrogens is 210 g/mol. The van der Waals surface area contributed by atoms with Gasteiger partial charge in [-0.3, -0.25) is 0 Å². The number of nitrogens with zero attached hydrogens (tertiary/aromatic N) is 1. The summed E-state index contributed by atoms with van der Waals surface area (Å²) in [6, 6.07) is 4.07. The molecule has 0 aromatic carbocycles. The highest BCUT2D eigenvalue weighted by molar-refractivity contribution is 7.79. The SMILES string of the molecule is CCOC(Cn1cccc1CS)OCC. The summed E-state index contributed by atoms with van der Waals surface area (Å²) in [4.78, 5) is 0. The summed E-state index contributed by atoms with van der Waals surface area (Å²) in [5, 5.41) is 0. The molecule has 0 bridgehead atoms. The molecule has 86 valence electrons. The van der Waals surface area contributed by atoms with Crippen LogP contribution < -0.4 is 0 Å². The van der Waals surface area contributed by atoms with Crippen molar-refractivity contribution in [1.29, 1.82) is 0 Å². The molecule has 3 nitrogen and oxygen atoms in total. The van der Waals surface area contributed by atoms with Gasteiger partial charge in [0.25, 0.3) is 0 Å². The van der Waals surface area contributed by atoms with Gasteiger partial charge in [-0.15, -0.1) is 0 Å². The third-order valence-electron chi connectivity index (χ3n) is 2.14. The Labute approximate surface area is 96.8 Å². The second kappa shape index (κ2) is 6.93. The Morgan fingerprint density at radius 2 is 2.00 bits per heavy atom. The van der Waals surface area contributed by atoms with E-state index in [2.05, 4.69) is 23.3 Å². The first kappa shape index (κ1) is 12.6. The molecule has 0 N–H and O–H groups in total. The van der Waals surface area contributed by atoms with E-state index in [0.717, 1.165) is 12.3 Å². The van der Waals surface area contributed by atoms with Crippen LogP contribution in [-0.2, 0) is 21.8 Å². The van der Waals surface area contributed by atoms with E-state index in [9.17, 15) is 0 Å². The van der Waals surface area contributed by atoms with Crippen LogP contribution in [-0.4, -0.2) is 24.1 Å². The van der Waals surface area contributed by atoms with E-state index >= 15 is 0 Å². The van der Waals surface area contributed by atoms with Crippen LogP contribution in [0.3, 0.4) is 0 Å². The summed E-state index contributed by atoms with van der Waals surface area (Å²) in [5.41, 5.74) is 1.18. The highest BCUT2D eigenvalue weighted by Crippen LogP contribution is 2.08. The maximum Gasteiger partial charge on any atom is 0.175 e. The number of hydrogen-bond acceptors (Lipinski definition) is 3. The Morgan fingerprint density at radius 3 is 2.53 bits per heavy atom. The first-order valence-corrected chi connectivity index (χ1v) is 5.93. The van der Waals surface area contributed by atoms with Gasteiger partial charge in [0.15, 0.2) is 6.29 Å². The van der Waals surface area contributed by atoms with Gasteiger partial charge in [-0.2, -0.15) is 12.6 Å². The summed E-state index contributed by atoms with van der Waals surface area (Å²) in [5.74, 6) is 0.734. The lowest BCUT2D eigenvalue weighted by molar-refractivity contribution is -0.143. The van der Waals surface area contributed by atoms with Crippen molar-refractivity contribution >= 4 is 12.6 Å². The van der Waals surface area contributed by atoms with Crippen LogP contribution in [0.15, 0.2) is 18.3 Å². The molecular formula is C11H19NO2S. The van der Waals surface area contributed by atoms with Gasteiger partial charge >= 0.3 is 0 Å². The van der Waals surface area contributed by atoms with E-state index in [4.69, 9.17) is 9.47 Å². The second-order valence-electron chi connectivity index (χ2n) is 3.15. The van der Waals surface area contributed by atoms with E-state index in [1.807, 2.05) is 26.1 Å². The van der Waals surface area contributed by atoms with E-state index in [-0.39, 0.29) is 6.29 Å². The standard InChI is InChI=1S/C11H19NO2S/c1-3-13-11(14-4-2)8-12-7-5-6-10(12)9-15/h5-7,11,15H,3-4,8-9H2,1-2H3. The van der Waals surface area contributed by atoms with Gasteiger partial charge in [0.1, 0.15) is 0 Å². The Balaban J connectivity index is 2.56. The Kier molecular flexibility index (Phi) is 5.83. The highest BCUT2D eigenvalue weighted by atomic mass is 32.1. The Hall–Kier alpha value is -0.450. The molecule has 0 aliphatic carbocycles. The van der Waals surface area contributed by atoms with Crippen LogP contribution in [0.25, 0.3) is 0 Å². The molecule has 4 heteroatoms. The fourth-order valence-electron chi connectivity index (χ4n) is 1.46. The van der Waals surface area contributed by atoms with Gasteiger partial charge in [0.05, 0.1) is 6.54 Å². The van der Waals surface area contributed by atoms with Crippen molar-refractivity contribution in [1.82, 2.24) is 4.57 Å². The minimum absolute atomic E-state index is 0.161. The molecule has 1 heterocycles. The fraction of sp³-hybridized carbons (Fsp3) is 0.636. The molecule has 0 unspecified atom stereocenters. The topological polar surface area (TPSA) is 23.4 Å². The first-order chi connectivity index (χ1) is 7.31. The zero-order valence-corrected chi connectivity index (χ0v) is 10.2. The van der Waals surface area contributed by atoms with E-state index in [0.29, 0.717) is 13.2 Å². The van der Waals surface area contributed by atoms with Gasteiger partial charge < -0.3 is 14.0 Å². The summed E-state index contributed by atoms with van der Waals surface area (Å²) < 4.78 is 13.1. The second-order valence-corrected chi connectivity index (χ2v) is 3.47. The van der Waals surface area contributed by atoms with Gasteiger partial charge in [0.2, 0.25) is 0 Å². The molecule has 15 heavy (non-hydrogen) atoms. The number of thiol groups is 1. The van der Waals surface area contributed by atoms with Crippen molar-refractivity contribution in [3.05, 3.63) is 24.0 Å². The minimum atomic E-state index is -0.161. The molecule has 0 fully saturated rings. The fourth-order valence-corrected chi connectivity index (χ4v) is 1.74. The number of ether oxygens (including phenoxy) is 2. The van der Waals surface area contributed by atoms with Crippen LogP contribution in [0.4, 0.5) is 0 Å². The average molecular weight is 229 g/mol. The lowest BCUT2D eigenvalue weighted by atomic mass is 10.4. The first-order valence-electron chi connectivity index (χ1n) is 5.29. The lowest BCUT2D eigenvalue weighted by Gasteiger charge is -2.18. The summed E-state index contributed by atoms with van der Waals surface area (Å²) in [6.07, 6.45) is 1.86. The molecule has 0 spiro atoms. The molecule has 0 aliphatic heterocycles. The van der Waals surface area contributed by atoms with Crippen molar-refractivity contribution in [3.8, 4) is 0 Å². The molecule has 0 saturated heterocycles. The minimum Gasteiger partial charge on any atom is -0.351 e. The van der Waals surface area contributed by atoms with Crippen LogP contribution in [0.5, 0.6) is 0 Å². The summed E-state index contributed by atoms with van der Waals surface area (Å²) in [6.45, 7) is 6.01. The van der Waals surface area contributed by atoms with Crippen LogP contribution >= 0.6 is 12.6 Å². The Bertz CT molecular complexity index is 269. The summed E-state index contributed by atoms with van der Waals surface area (Å²) in [7, 11) is 0. The van der Waals surface area contributed by atoms with Gasteiger partial charge in [-0.05, 0) is 26.0 Å². The van der Waals surface area contributed by atoms with E-state index in [1.165, 1.54) is 5.69 Å². The average Bonchev–Trinajstić information content (AvgIpc) is 2.66. The lowest BCUT2D eigenvalue weighted by Crippen LogP contribution is -2.24. The van der Waals surface area contributed by atoms with Crippen LogP contribution in [0.2, 0.25) is 0 Å². The third kappa shape index (κ3) is 3.89. The van der Waals surface area contributed by atoms with E-state index in [1.54, 1.807) is 0 Å². The normalized spacial score (nSPS) is 11.2. The van der Waals surface area contributed by atoms with Crippen LogP contribution in [0, 0.1) is 0 Å². The zero-order valence-electron chi connectivity index (χ0n) is 9.35. The van der Waals surface area contributed by atoms with Gasteiger partial charge in [-0.1, -0.05) is 0 Å². The molecule has 1 aromatic rings. The number of aromatic nitrogens is 1. The van der Waals surface area contributed by atoms with Crippen molar-refractivity contribution in [2.45, 2.75) is 32.4 Å². The monoisotopic (exact) mass is 229 g/mol. The van der Waals surface area contributed by atoms with E-state index < -0.39 is 0 Å². The number of hydrogen-bond donors (Lipinski definition) is 1. The van der Waals surface area contributed by atoms with Crippen molar-refractivity contribution < 1.29 is 9.47 Å². The molecule has 0 atom stereocenters. The smallest absolute Gasteiger partial charge is 0.175 e. The summed E-state index contributed by atoms with van der Waals surface area (Å²) >= 11 is 4.27. The molecule has 1 rings (SSSR count). The predicted molar refractivity (Wildman–Crippen MR) is 64.2 cm³/mol. The van der Waals surface area contributed by atoms with Crippen molar-refractivity contribution in [2.75, 3.05) is 13.2 Å². The highest BCUT2D eigenvalue weighted by Gasteiger charge is 2.09. The maximum absolute atomic E-state index is 5.49. The zero-order chi connectivity index (χ0) is 11.1. The van der Waals surface area contributed by atoms with Crippen molar-refractivity contribution in [3.63, 3.8) is 0 Å². The Morgan fingerprint density at radius 1 is 1.33 bits per heavy atom. The molecule has 0 amide bonds. The third-order valence-corrected chi connectivity index (χ3v) is 2.46. The molecule has 0 radical (unpaired) electrons. The van der Waals surface area contributed by atoms with Gasteiger partial charge in [-0.25, -0.2) is 0 Å². The quantitative estimate of drug-likeness (QED) is 0.573. The number of rotatable bonds is 7. The van der Waals surface area contributed by atoms with Crippen LogP contribution in [0.1, 0.15) is 19.5 Å². The molecule has 1 aromatic heterocycles. The predicted octanol–water partition coefficient (Wildman–Crippen LogP) is 2.32. The maximum atomic E-state index is 5.49. The molecule has 0 saturated carbocycles. The van der Waals surface area contributed by atoms with Gasteiger partial charge in [0, 0.05) is 30.9 Å². The van der Waals surface area contributed by atoms with Crippen molar-refractivity contribution in [2.24, 2.45) is 0 Å². The largest absolute Gasteiger partial charge is 0.351 e.